The predicted molar refractivity (Wildman–Crippen MR) is 81.2 cm³/mol. The van der Waals surface area contributed by atoms with Crippen LogP contribution in [-0.4, -0.2) is 37.8 Å². The molecular weight excluding hydrogens is 286 g/mol. The molecule has 0 bridgehead atoms. The number of hydrogen-bond donors (Lipinski definition) is 1. The van der Waals surface area contributed by atoms with E-state index in [1.807, 2.05) is 18.2 Å². The van der Waals surface area contributed by atoms with Crippen LogP contribution in [0.5, 0.6) is 0 Å². The van der Waals surface area contributed by atoms with Crippen LogP contribution >= 0.6 is 24.0 Å². The largest absolute Gasteiger partial charge is 0.314 e. The van der Waals surface area contributed by atoms with Crippen LogP contribution in [0.1, 0.15) is 23.6 Å². The van der Waals surface area contributed by atoms with Crippen LogP contribution in [0, 0.1) is 6.92 Å². The maximum absolute atomic E-state index is 12.8. The van der Waals surface area contributed by atoms with Crippen molar-refractivity contribution in [2.75, 3.05) is 32.9 Å². The van der Waals surface area contributed by atoms with E-state index in [4.69, 9.17) is 11.6 Å². The quantitative estimate of drug-likeness (QED) is 0.917. The van der Waals surface area contributed by atoms with E-state index in [2.05, 4.69) is 17.1 Å². The fraction of sp³-hybridized carbons (Fsp3) is 0.571. The number of nitrogens with one attached hydrogen (secondary N) is 1. The maximum Gasteiger partial charge on any atom is 0.0912 e. The molecule has 1 aliphatic rings. The van der Waals surface area contributed by atoms with Crippen LogP contribution in [0.15, 0.2) is 18.2 Å². The van der Waals surface area contributed by atoms with E-state index in [1.165, 1.54) is 5.56 Å². The van der Waals surface area contributed by atoms with Crippen molar-refractivity contribution in [3.63, 3.8) is 0 Å². The molecule has 2 nitrogen and oxygen atoms in total. The normalized spacial score (nSPS) is 17.8. The minimum absolute atomic E-state index is 0. The molecule has 1 N–H and O–H groups in total. The summed E-state index contributed by atoms with van der Waals surface area (Å²) in [5.74, 6) is 0. The van der Waals surface area contributed by atoms with E-state index in [-0.39, 0.29) is 25.1 Å². The van der Waals surface area contributed by atoms with Gasteiger partial charge in [0.2, 0.25) is 0 Å². The Kier molecular flexibility index (Phi) is 7.08. The Morgan fingerprint density at radius 1 is 1.37 bits per heavy atom. The fourth-order valence-corrected chi connectivity index (χ4v) is 2.87. The Labute approximate surface area is 125 Å². The lowest BCUT2D eigenvalue weighted by atomic mass is 9.97. The molecule has 5 heteroatoms. The second kappa shape index (κ2) is 8.05. The van der Waals surface area contributed by atoms with Gasteiger partial charge in [-0.05, 0) is 36.6 Å². The number of alkyl halides is 1. The number of benzene rings is 1. The summed E-state index contributed by atoms with van der Waals surface area (Å²) >= 11 is 5.99. The SMILES string of the molecule is Cc1cc(Cl)ccc1[C@@H](CCF)N1CCNCC1.Cl. The smallest absolute Gasteiger partial charge is 0.0912 e. The van der Waals surface area contributed by atoms with Crippen molar-refractivity contribution in [2.45, 2.75) is 19.4 Å². The van der Waals surface area contributed by atoms with E-state index in [0.717, 1.165) is 36.8 Å². The Bertz CT molecular complexity index is 395. The van der Waals surface area contributed by atoms with Crippen molar-refractivity contribution in [3.05, 3.63) is 34.3 Å². The summed E-state index contributed by atoms with van der Waals surface area (Å²) < 4.78 is 12.8. The highest BCUT2D eigenvalue weighted by Crippen LogP contribution is 2.29. The predicted octanol–water partition coefficient (Wildman–Crippen LogP) is 3.38. The van der Waals surface area contributed by atoms with Gasteiger partial charge in [0, 0.05) is 37.2 Å². The summed E-state index contributed by atoms with van der Waals surface area (Å²) in [6, 6.07) is 6.08. The van der Waals surface area contributed by atoms with Crippen molar-refractivity contribution < 1.29 is 4.39 Å². The molecule has 2 rings (SSSR count). The van der Waals surface area contributed by atoms with E-state index >= 15 is 0 Å². The Morgan fingerprint density at radius 3 is 2.63 bits per heavy atom. The average molecular weight is 307 g/mol. The van der Waals surface area contributed by atoms with Gasteiger partial charge in [-0.3, -0.25) is 9.29 Å². The molecule has 1 atom stereocenters. The van der Waals surface area contributed by atoms with Gasteiger partial charge in [-0.2, -0.15) is 0 Å². The van der Waals surface area contributed by atoms with Crippen molar-refractivity contribution >= 4 is 24.0 Å². The van der Waals surface area contributed by atoms with Crippen LogP contribution in [0.3, 0.4) is 0 Å². The molecule has 0 amide bonds. The van der Waals surface area contributed by atoms with Gasteiger partial charge in [0.05, 0.1) is 6.67 Å². The van der Waals surface area contributed by atoms with Gasteiger partial charge in [-0.15, -0.1) is 12.4 Å². The summed E-state index contributed by atoms with van der Waals surface area (Å²) in [6.45, 7) is 5.69. The zero-order valence-corrected chi connectivity index (χ0v) is 12.7. The molecule has 108 valence electrons. The van der Waals surface area contributed by atoms with Crippen molar-refractivity contribution in [2.24, 2.45) is 0 Å². The standard InChI is InChI=1S/C14H20ClFN2.ClH/c1-11-10-12(15)2-3-13(11)14(4-5-16)18-8-6-17-7-9-18;/h2-3,10,14,17H,4-9H2,1H3;1H/t14-;/m1./s1. The lowest BCUT2D eigenvalue weighted by Gasteiger charge is -2.35. The van der Waals surface area contributed by atoms with Gasteiger partial charge in [0.1, 0.15) is 0 Å². The van der Waals surface area contributed by atoms with Crippen molar-refractivity contribution in [1.29, 1.82) is 0 Å². The highest BCUT2D eigenvalue weighted by Gasteiger charge is 2.23. The summed E-state index contributed by atoms with van der Waals surface area (Å²) in [7, 11) is 0. The minimum atomic E-state index is -0.281. The molecule has 1 saturated heterocycles. The number of rotatable bonds is 4. The molecule has 1 aromatic carbocycles. The van der Waals surface area contributed by atoms with Gasteiger partial charge in [0.25, 0.3) is 0 Å². The van der Waals surface area contributed by atoms with Gasteiger partial charge < -0.3 is 5.32 Å². The molecule has 0 unspecified atom stereocenters. The summed E-state index contributed by atoms with van der Waals surface area (Å²) in [6.07, 6.45) is 0.558. The molecule has 1 fully saturated rings. The van der Waals surface area contributed by atoms with E-state index in [1.54, 1.807) is 0 Å². The lowest BCUT2D eigenvalue weighted by Crippen LogP contribution is -2.45. The van der Waals surface area contributed by atoms with Gasteiger partial charge in [0.15, 0.2) is 0 Å². The molecular formula is C14H21Cl2FN2. The van der Waals surface area contributed by atoms with Crippen LogP contribution < -0.4 is 5.32 Å². The molecule has 0 saturated carbocycles. The molecule has 19 heavy (non-hydrogen) atoms. The second-order valence-electron chi connectivity index (χ2n) is 4.78. The Balaban J connectivity index is 0.00000180. The zero-order valence-electron chi connectivity index (χ0n) is 11.2. The highest BCUT2D eigenvalue weighted by atomic mass is 35.5. The van der Waals surface area contributed by atoms with Gasteiger partial charge in [-0.1, -0.05) is 17.7 Å². The summed E-state index contributed by atoms with van der Waals surface area (Å²) in [5, 5.41) is 4.08. The van der Waals surface area contributed by atoms with Crippen LogP contribution in [0.2, 0.25) is 5.02 Å². The summed E-state index contributed by atoms with van der Waals surface area (Å²) in [5.41, 5.74) is 2.36. The molecule has 0 aliphatic carbocycles. The number of aryl methyl sites for hydroxylation is 1. The van der Waals surface area contributed by atoms with Crippen LogP contribution in [-0.2, 0) is 0 Å². The zero-order chi connectivity index (χ0) is 13.0. The summed E-state index contributed by atoms with van der Waals surface area (Å²) in [4.78, 5) is 2.37. The molecule has 1 aliphatic heterocycles. The molecule has 0 spiro atoms. The first kappa shape index (κ1) is 16.7. The van der Waals surface area contributed by atoms with Crippen LogP contribution in [0.25, 0.3) is 0 Å². The molecule has 0 aromatic heterocycles. The van der Waals surface area contributed by atoms with E-state index in [0.29, 0.717) is 6.42 Å². The average Bonchev–Trinajstić information content (AvgIpc) is 2.38. The number of nitrogens with zero attached hydrogens (tertiary/aromatic N) is 1. The van der Waals surface area contributed by atoms with Gasteiger partial charge >= 0.3 is 0 Å². The number of piperazine rings is 1. The topological polar surface area (TPSA) is 15.3 Å². The second-order valence-corrected chi connectivity index (χ2v) is 5.22. The minimum Gasteiger partial charge on any atom is -0.314 e. The highest BCUT2D eigenvalue weighted by molar-refractivity contribution is 6.30. The monoisotopic (exact) mass is 306 g/mol. The van der Waals surface area contributed by atoms with Crippen molar-refractivity contribution in [1.82, 2.24) is 10.2 Å². The first-order valence-corrected chi connectivity index (χ1v) is 6.87. The number of halogens is 3. The molecule has 1 aromatic rings. The first-order valence-electron chi connectivity index (χ1n) is 6.49. The van der Waals surface area contributed by atoms with Gasteiger partial charge in [-0.25, -0.2) is 0 Å². The van der Waals surface area contributed by atoms with E-state index in [9.17, 15) is 4.39 Å². The number of hydrogen-bond acceptors (Lipinski definition) is 2. The Hall–Kier alpha value is -0.350. The maximum atomic E-state index is 12.8. The third kappa shape index (κ3) is 4.32. The molecule has 0 radical (unpaired) electrons. The van der Waals surface area contributed by atoms with E-state index < -0.39 is 0 Å². The fourth-order valence-electron chi connectivity index (χ4n) is 2.64. The Morgan fingerprint density at radius 2 is 2.05 bits per heavy atom. The van der Waals surface area contributed by atoms with Crippen LogP contribution in [0.4, 0.5) is 4.39 Å². The third-order valence-corrected chi connectivity index (χ3v) is 3.80. The lowest BCUT2D eigenvalue weighted by molar-refractivity contribution is 0.157. The third-order valence-electron chi connectivity index (χ3n) is 3.57. The first-order chi connectivity index (χ1) is 8.72. The molecule has 1 heterocycles. The van der Waals surface area contributed by atoms with Crippen molar-refractivity contribution in [3.8, 4) is 0 Å².